The normalized spacial score (nSPS) is 11.0. The molecule has 0 spiro atoms. The van der Waals surface area contributed by atoms with Crippen LogP contribution in [0.25, 0.3) is 0 Å². The van der Waals surface area contributed by atoms with E-state index in [1.165, 1.54) is 14.2 Å². The van der Waals surface area contributed by atoms with Crippen LogP contribution in [0.4, 0.5) is 0 Å². The van der Waals surface area contributed by atoms with Crippen molar-refractivity contribution in [3.63, 3.8) is 0 Å². The smallest absolute Gasteiger partial charge is 0.238 e. The summed E-state index contributed by atoms with van der Waals surface area (Å²) in [6, 6.07) is 1.92. The molecule has 94 valence electrons. The van der Waals surface area contributed by atoms with Crippen LogP contribution in [0.2, 0.25) is 0 Å². The molecule has 0 heterocycles. The molecule has 0 aliphatic carbocycles. The Morgan fingerprint density at radius 3 is 2.24 bits per heavy atom. The van der Waals surface area contributed by atoms with Gasteiger partial charge in [0.1, 0.15) is 0 Å². The van der Waals surface area contributed by atoms with E-state index in [4.69, 9.17) is 14.6 Å². The second kappa shape index (κ2) is 4.60. The molecular weight excluding hydrogens is 250 g/mol. The summed E-state index contributed by atoms with van der Waals surface area (Å²) < 4.78 is 31.9. The van der Waals surface area contributed by atoms with E-state index in [1.807, 2.05) is 0 Å². The lowest BCUT2D eigenvalue weighted by Crippen LogP contribution is -2.24. The topological polar surface area (TPSA) is 119 Å². The van der Waals surface area contributed by atoms with Crippen molar-refractivity contribution in [1.82, 2.24) is 0 Å². The second-order valence-electron chi connectivity index (χ2n) is 3.04. The number of rotatable bonds is 4. The Hall–Kier alpha value is -1.80. The highest BCUT2D eigenvalue weighted by Gasteiger charge is 2.18. The molecule has 2 N–H and O–H groups in total. The third-order valence-electron chi connectivity index (χ3n) is 2.00. The number of primary sulfonamides is 1. The van der Waals surface area contributed by atoms with Crippen LogP contribution < -0.4 is 19.7 Å². The highest BCUT2D eigenvalue weighted by atomic mass is 32.2. The number of carboxylic acid groups (broad SMARTS) is 1. The van der Waals surface area contributed by atoms with Crippen molar-refractivity contribution in [2.45, 2.75) is 4.90 Å². The Labute approximate surface area is 97.8 Å². The molecule has 0 saturated heterocycles. The van der Waals surface area contributed by atoms with E-state index in [1.54, 1.807) is 0 Å². The molecular formula is C9H10NO6S-. The number of carbonyl (C=O) groups is 1. The summed E-state index contributed by atoms with van der Waals surface area (Å²) in [4.78, 5) is 10.5. The third kappa shape index (κ3) is 2.66. The first-order valence-corrected chi connectivity index (χ1v) is 5.86. The van der Waals surface area contributed by atoms with Crippen molar-refractivity contribution in [3.05, 3.63) is 17.7 Å². The van der Waals surface area contributed by atoms with Gasteiger partial charge in [0.05, 0.1) is 25.1 Å². The Balaban J connectivity index is 3.63. The molecule has 0 saturated carbocycles. The van der Waals surface area contributed by atoms with Crippen LogP contribution in [0.1, 0.15) is 10.4 Å². The van der Waals surface area contributed by atoms with E-state index in [-0.39, 0.29) is 11.5 Å². The van der Waals surface area contributed by atoms with Crippen molar-refractivity contribution >= 4 is 16.0 Å². The fraction of sp³-hybridized carbons (Fsp3) is 0.222. The van der Waals surface area contributed by atoms with E-state index in [2.05, 4.69) is 0 Å². The van der Waals surface area contributed by atoms with Crippen molar-refractivity contribution in [3.8, 4) is 11.5 Å². The largest absolute Gasteiger partial charge is 0.545 e. The first-order valence-electron chi connectivity index (χ1n) is 4.31. The predicted molar refractivity (Wildman–Crippen MR) is 55.2 cm³/mol. The molecule has 0 atom stereocenters. The number of nitrogens with two attached hydrogens (primary N) is 1. The standard InChI is InChI=1S/C9H11NO6S/c1-15-7-4-5(17(10,13)14)3-6(9(11)12)8(7)16-2/h3-4H,1-2H3,(H,11,12)(H2,10,13,14)/p-1. The molecule has 0 unspecified atom stereocenters. The van der Waals surface area contributed by atoms with Crippen LogP contribution in [-0.4, -0.2) is 28.6 Å². The summed E-state index contributed by atoms with van der Waals surface area (Å²) in [7, 11) is -1.58. The molecule has 1 aromatic rings. The lowest BCUT2D eigenvalue weighted by atomic mass is 10.2. The van der Waals surface area contributed by atoms with Gasteiger partial charge in [-0.05, 0) is 6.07 Å². The quantitative estimate of drug-likeness (QED) is 0.719. The number of aromatic carboxylic acids is 1. The highest BCUT2D eigenvalue weighted by molar-refractivity contribution is 7.89. The van der Waals surface area contributed by atoms with Gasteiger partial charge in [0, 0.05) is 11.6 Å². The third-order valence-corrected chi connectivity index (χ3v) is 2.89. The number of ether oxygens (including phenoxy) is 2. The van der Waals surface area contributed by atoms with Gasteiger partial charge in [0.2, 0.25) is 10.0 Å². The Bertz CT molecular complexity index is 551. The number of hydrogen-bond donors (Lipinski definition) is 1. The van der Waals surface area contributed by atoms with Crippen molar-refractivity contribution < 1.29 is 27.8 Å². The van der Waals surface area contributed by atoms with E-state index in [0.29, 0.717) is 0 Å². The number of hydrogen-bond acceptors (Lipinski definition) is 6. The molecule has 1 aromatic carbocycles. The first kappa shape index (κ1) is 13.3. The molecule has 7 nitrogen and oxygen atoms in total. The fourth-order valence-corrected chi connectivity index (χ4v) is 1.81. The van der Waals surface area contributed by atoms with E-state index in [0.717, 1.165) is 12.1 Å². The highest BCUT2D eigenvalue weighted by Crippen LogP contribution is 2.33. The lowest BCUT2D eigenvalue weighted by molar-refractivity contribution is -0.255. The number of carbonyl (C=O) groups excluding carboxylic acids is 1. The van der Waals surface area contributed by atoms with Gasteiger partial charge in [-0.2, -0.15) is 0 Å². The van der Waals surface area contributed by atoms with Gasteiger partial charge in [-0.3, -0.25) is 0 Å². The minimum Gasteiger partial charge on any atom is -0.545 e. The molecule has 0 aliphatic heterocycles. The maximum absolute atomic E-state index is 11.1. The maximum Gasteiger partial charge on any atom is 0.238 e. The number of methoxy groups -OCH3 is 2. The Kier molecular flexibility index (Phi) is 3.59. The van der Waals surface area contributed by atoms with E-state index < -0.39 is 26.5 Å². The van der Waals surface area contributed by atoms with Crippen molar-refractivity contribution in [2.24, 2.45) is 5.14 Å². The van der Waals surface area contributed by atoms with Gasteiger partial charge in [0.15, 0.2) is 11.5 Å². The van der Waals surface area contributed by atoms with Crippen molar-refractivity contribution in [1.29, 1.82) is 0 Å². The molecule has 0 aromatic heterocycles. The monoisotopic (exact) mass is 260 g/mol. The van der Waals surface area contributed by atoms with Gasteiger partial charge < -0.3 is 19.4 Å². The van der Waals surface area contributed by atoms with Crippen LogP contribution in [0, 0.1) is 0 Å². The van der Waals surface area contributed by atoms with Crippen molar-refractivity contribution in [2.75, 3.05) is 14.2 Å². The molecule has 17 heavy (non-hydrogen) atoms. The summed E-state index contributed by atoms with van der Waals surface area (Å²) >= 11 is 0. The molecule has 0 amide bonds. The fourth-order valence-electron chi connectivity index (χ4n) is 1.26. The van der Waals surface area contributed by atoms with Gasteiger partial charge in [-0.25, -0.2) is 13.6 Å². The minimum absolute atomic E-state index is 0.0572. The van der Waals surface area contributed by atoms with Crippen LogP contribution in [-0.2, 0) is 10.0 Å². The van der Waals surface area contributed by atoms with Gasteiger partial charge in [-0.15, -0.1) is 0 Å². The summed E-state index contributed by atoms with van der Waals surface area (Å²) in [5.74, 6) is -1.77. The number of benzene rings is 1. The van der Waals surface area contributed by atoms with Crippen LogP contribution in [0.5, 0.6) is 11.5 Å². The summed E-state index contributed by atoms with van der Waals surface area (Å²) in [5, 5.41) is 15.7. The molecule has 1 rings (SSSR count). The van der Waals surface area contributed by atoms with E-state index in [9.17, 15) is 18.3 Å². The minimum atomic E-state index is -4.04. The Morgan fingerprint density at radius 2 is 1.88 bits per heavy atom. The average Bonchev–Trinajstić information content (AvgIpc) is 2.25. The van der Waals surface area contributed by atoms with Gasteiger partial charge >= 0.3 is 0 Å². The maximum atomic E-state index is 11.1. The number of sulfonamides is 1. The zero-order chi connectivity index (χ0) is 13.2. The van der Waals surface area contributed by atoms with Crippen LogP contribution in [0.15, 0.2) is 17.0 Å². The van der Waals surface area contributed by atoms with Crippen LogP contribution in [0.3, 0.4) is 0 Å². The van der Waals surface area contributed by atoms with E-state index >= 15 is 0 Å². The molecule has 0 fully saturated rings. The van der Waals surface area contributed by atoms with Gasteiger partial charge in [-0.1, -0.05) is 0 Å². The Morgan fingerprint density at radius 1 is 1.29 bits per heavy atom. The number of carboxylic acids is 1. The predicted octanol–water partition coefficient (Wildman–Crippen LogP) is -1.29. The van der Waals surface area contributed by atoms with Crippen LogP contribution >= 0.6 is 0 Å². The second-order valence-corrected chi connectivity index (χ2v) is 4.60. The summed E-state index contributed by atoms with van der Waals surface area (Å²) in [6.07, 6.45) is 0. The van der Waals surface area contributed by atoms with Gasteiger partial charge in [0.25, 0.3) is 0 Å². The lowest BCUT2D eigenvalue weighted by Gasteiger charge is -2.14. The first-order chi connectivity index (χ1) is 7.81. The molecule has 0 aliphatic rings. The SMILES string of the molecule is COc1cc(S(N)(=O)=O)cc(C(=O)[O-])c1OC. The molecule has 8 heteroatoms. The summed E-state index contributed by atoms with van der Waals surface area (Å²) in [6.45, 7) is 0. The average molecular weight is 260 g/mol. The summed E-state index contributed by atoms with van der Waals surface area (Å²) in [5.41, 5.74) is -0.448. The molecule has 0 bridgehead atoms. The molecule has 0 radical (unpaired) electrons. The zero-order valence-electron chi connectivity index (χ0n) is 9.09. The zero-order valence-corrected chi connectivity index (χ0v) is 9.91.